The highest BCUT2D eigenvalue weighted by Crippen LogP contribution is 2.25. The molecule has 17 heavy (non-hydrogen) atoms. The van der Waals surface area contributed by atoms with Crippen LogP contribution >= 0.6 is 15.9 Å². The minimum Gasteiger partial charge on any atom is -0.369 e. The summed E-state index contributed by atoms with van der Waals surface area (Å²) in [5.74, 6) is 0.838. The molecule has 2 fully saturated rings. The zero-order chi connectivity index (χ0) is 11.7. The molecule has 92 valence electrons. The molecule has 4 heteroatoms. The number of aromatic nitrogens is 1. The Morgan fingerprint density at radius 2 is 2.12 bits per heavy atom. The highest BCUT2D eigenvalue weighted by molar-refractivity contribution is 9.10. The van der Waals surface area contributed by atoms with Crippen molar-refractivity contribution in [3.8, 4) is 0 Å². The van der Waals surface area contributed by atoms with Crippen LogP contribution in [0.2, 0.25) is 0 Å². The number of fused-ring (bicyclic) bond motifs is 2. The maximum atomic E-state index is 4.27. The first-order valence-electron chi connectivity index (χ1n) is 6.39. The fourth-order valence-electron chi connectivity index (χ4n) is 2.98. The van der Waals surface area contributed by atoms with E-state index in [-0.39, 0.29) is 0 Å². The van der Waals surface area contributed by atoms with Gasteiger partial charge in [-0.05, 0) is 47.3 Å². The van der Waals surface area contributed by atoms with Crippen molar-refractivity contribution in [1.82, 2.24) is 9.88 Å². The first kappa shape index (κ1) is 11.5. The molecular weight excluding hydrogens is 278 g/mol. The van der Waals surface area contributed by atoms with Crippen LogP contribution < -0.4 is 4.90 Å². The topological polar surface area (TPSA) is 19.4 Å². The van der Waals surface area contributed by atoms with Crippen molar-refractivity contribution >= 4 is 21.6 Å². The largest absolute Gasteiger partial charge is 0.369 e. The Morgan fingerprint density at radius 3 is 3.00 bits per heavy atom. The van der Waals surface area contributed by atoms with Gasteiger partial charge in [-0.2, -0.15) is 0 Å². The Bertz CT molecular complexity index is 396. The molecule has 1 aromatic rings. The SMILES string of the molecule is Brc1cncc(N2CCN3CCCC(C3)C2)c1. The second-order valence-corrected chi connectivity index (χ2v) is 6.03. The third-order valence-electron chi connectivity index (χ3n) is 3.82. The van der Waals surface area contributed by atoms with Crippen LogP contribution in [-0.4, -0.2) is 42.6 Å². The summed E-state index contributed by atoms with van der Waals surface area (Å²) in [7, 11) is 0. The average Bonchev–Trinajstić information content (AvgIpc) is 2.48. The standard InChI is InChI=1S/C13H18BrN3/c14-12-6-13(8-15-7-12)17-5-4-16-3-1-2-11(9-16)10-17/h6-8,11H,1-5,9-10H2. The van der Waals surface area contributed by atoms with Crippen LogP contribution in [0.25, 0.3) is 0 Å². The van der Waals surface area contributed by atoms with Gasteiger partial charge in [-0.3, -0.25) is 4.98 Å². The summed E-state index contributed by atoms with van der Waals surface area (Å²) < 4.78 is 1.07. The Kier molecular flexibility index (Phi) is 3.34. The van der Waals surface area contributed by atoms with Gasteiger partial charge in [0.25, 0.3) is 0 Å². The molecule has 2 bridgehead atoms. The second kappa shape index (κ2) is 4.94. The Morgan fingerprint density at radius 1 is 1.18 bits per heavy atom. The molecule has 3 nitrogen and oxygen atoms in total. The van der Waals surface area contributed by atoms with E-state index in [1.54, 1.807) is 0 Å². The van der Waals surface area contributed by atoms with E-state index in [1.165, 1.54) is 44.7 Å². The van der Waals surface area contributed by atoms with Crippen LogP contribution in [0.1, 0.15) is 12.8 Å². The third-order valence-corrected chi connectivity index (χ3v) is 4.26. The zero-order valence-corrected chi connectivity index (χ0v) is 11.6. The van der Waals surface area contributed by atoms with Crippen molar-refractivity contribution in [1.29, 1.82) is 0 Å². The van der Waals surface area contributed by atoms with E-state index in [2.05, 4.69) is 36.8 Å². The van der Waals surface area contributed by atoms with E-state index < -0.39 is 0 Å². The number of anilines is 1. The molecule has 0 aromatic carbocycles. The maximum Gasteiger partial charge on any atom is 0.0564 e. The Labute approximate surface area is 111 Å². The van der Waals surface area contributed by atoms with Crippen LogP contribution in [0, 0.1) is 5.92 Å². The first-order valence-corrected chi connectivity index (χ1v) is 7.18. The summed E-state index contributed by atoms with van der Waals surface area (Å²) >= 11 is 3.51. The highest BCUT2D eigenvalue weighted by atomic mass is 79.9. The van der Waals surface area contributed by atoms with Gasteiger partial charge in [-0.15, -0.1) is 0 Å². The Balaban J connectivity index is 1.79. The molecule has 3 rings (SSSR count). The maximum absolute atomic E-state index is 4.27. The van der Waals surface area contributed by atoms with E-state index in [4.69, 9.17) is 0 Å². The fraction of sp³-hybridized carbons (Fsp3) is 0.615. The minimum atomic E-state index is 0.838. The lowest BCUT2D eigenvalue weighted by Gasteiger charge is -2.29. The van der Waals surface area contributed by atoms with Gasteiger partial charge in [-0.25, -0.2) is 0 Å². The average molecular weight is 296 g/mol. The fourth-order valence-corrected chi connectivity index (χ4v) is 3.33. The van der Waals surface area contributed by atoms with E-state index in [9.17, 15) is 0 Å². The molecule has 0 saturated carbocycles. The van der Waals surface area contributed by atoms with Crippen LogP contribution in [0.4, 0.5) is 5.69 Å². The molecule has 2 unspecified atom stereocenters. The molecular formula is C13H18BrN3. The second-order valence-electron chi connectivity index (χ2n) is 5.12. The van der Waals surface area contributed by atoms with Crippen LogP contribution in [0.5, 0.6) is 0 Å². The zero-order valence-electron chi connectivity index (χ0n) is 9.98. The normalized spacial score (nSPS) is 28.9. The number of piperidine rings is 1. The molecule has 2 atom stereocenters. The van der Waals surface area contributed by atoms with Crippen molar-refractivity contribution in [2.24, 2.45) is 5.92 Å². The minimum absolute atomic E-state index is 0.838. The van der Waals surface area contributed by atoms with Crippen molar-refractivity contribution in [3.63, 3.8) is 0 Å². The van der Waals surface area contributed by atoms with Crippen molar-refractivity contribution in [3.05, 3.63) is 22.9 Å². The van der Waals surface area contributed by atoms with Crippen LogP contribution in [0.3, 0.4) is 0 Å². The molecule has 0 aliphatic carbocycles. The molecule has 1 aromatic heterocycles. The number of halogens is 1. The Hall–Kier alpha value is -0.610. The molecule has 2 saturated heterocycles. The van der Waals surface area contributed by atoms with E-state index >= 15 is 0 Å². The van der Waals surface area contributed by atoms with Gasteiger partial charge in [-0.1, -0.05) is 0 Å². The van der Waals surface area contributed by atoms with Gasteiger partial charge in [0, 0.05) is 36.8 Å². The van der Waals surface area contributed by atoms with Crippen molar-refractivity contribution < 1.29 is 0 Å². The van der Waals surface area contributed by atoms with Crippen LogP contribution in [0.15, 0.2) is 22.9 Å². The summed E-state index contributed by atoms with van der Waals surface area (Å²) in [6.07, 6.45) is 6.59. The predicted octanol–water partition coefficient (Wildman–Crippen LogP) is 2.38. The number of rotatable bonds is 1. The van der Waals surface area contributed by atoms with E-state index in [1.807, 2.05) is 12.4 Å². The summed E-state index contributed by atoms with van der Waals surface area (Å²) in [6.45, 7) is 6.10. The number of nitrogens with zero attached hydrogens (tertiary/aromatic N) is 3. The van der Waals surface area contributed by atoms with Gasteiger partial charge >= 0.3 is 0 Å². The van der Waals surface area contributed by atoms with Crippen LogP contribution in [-0.2, 0) is 0 Å². The number of hydrogen-bond acceptors (Lipinski definition) is 3. The van der Waals surface area contributed by atoms with Gasteiger partial charge in [0.15, 0.2) is 0 Å². The summed E-state index contributed by atoms with van der Waals surface area (Å²) in [6, 6.07) is 2.18. The molecule has 0 radical (unpaired) electrons. The number of pyridine rings is 1. The lowest BCUT2D eigenvalue weighted by atomic mass is 9.98. The quantitative estimate of drug-likeness (QED) is 0.793. The monoisotopic (exact) mass is 295 g/mol. The van der Waals surface area contributed by atoms with Gasteiger partial charge in [0.05, 0.1) is 11.9 Å². The van der Waals surface area contributed by atoms with Gasteiger partial charge in [0.1, 0.15) is 0 Å². The molecule has 0 amide bonds. The van der Waals surface area contributed by atoms with Crippen molar-refractivity contribution in [2.75, 3.05) is 37.6 Å². The number of hydrogen-bond donors (Lipinski definition) is 0. The lowest BCUT2D eigenvalue weighted by Crippen LogP contribution is -2.35. The predicted molar refractivity (Wildman–Crippen MR) is 73.3 cm³/mol. The van der Waals surface area contributed by atoms with Crippen molar-refractivity contribution in [2.45, 2.75) is 12.8 Å². The lowest BCUT2D eigenvalue weighted by molar-refractivity contribution is 0.201. The highest BCUT2D eigenvalue weighted by Gasteiger charge is 2.26. The third kappa shape index (κ3) is 2.63. The molecule has 3 heterocycles. The summed E-state index contributed by atoms with van der Waals surface area (Å²) in [5, 5.41) is 0. The van der Waals surface area contributed by atoms with Gasteiger partial charge < -0.3 is 9.80 Å². The van der Waals surface area contributed by atoms with Gasteiger partial charge in [0.2, 0.25) is 0 Å². The van der Waals surface area contributed by atoms with E-state index in [0.717, 1.165) is 16.9 Å². The summed E-state index contributed by atoms with van der Waals surface area (Å²) in [4.78, 5) is 9.38. The first-order chi connectivity index (χ1) is 8.31. The smallest absolute Gasteiger partial charge is 0.0564 e. The summed E-state index contributed by atoms with van der Waals surface area (Å²) in [5.41, 5.74) is 1.26. The molecule has 0 N–H and O–H groups in total. The van der Waals surface area contributed by atoms with E-state index in [0.29, 0.717) is 0 Å². The molecule has 0 spiro atoms. The molecule has 2 aliphatic rings. The molecule has 2 aliphatic heterocycles.